The predicted octanol–water partition coefficient (Wildman–Crippen LogP) is 3.61. The fourth-order valence-corrected chi connectivity index (χ4v) is 1.45. The van der Waals surface area contributed by atoms with Crippen molar-refractivity contribution in [3.8, 4) is 0 Å². The third-order valence-electron chi connectivity index (χ3n) is 2.80. The number of hydrogen-bond acceptors (Lipinski definition) is 2. The van der Waals surface area contributed by atoms with Gasteiger partial charge in [-0.05, 0) is 23.6 Å². The first-order valence-corrected chi connectivity index (χ1v) is 6.16. The first-order valence-electron chi connectivity index (χ1n) is 6.16. The zero-order valence-electron chi connectivity index (χ0n) is 11.7. The van der Waals surface area contributed by atoms with Crippen LogP contribution in [0.15, 0.2) is 18.2 Å². The number of hydrogen-bond donors (Lipinski definition) is 1. The molecule has 1 aromatic carbocycles. The van der Waals surface area contributed by atoms with Gasteiger partial charge in [0.25, 0.3) is 0 Å². The standard InChI is InChI=1S/C15H21NO2/c1-10(2)11-6-7-12(9-17)13(8-11)16-14(18)15(3,4)5/h6-10H,1-5H3,(H,16,18). The van der Waals surface area contributed by atoms with Crippen molar-refractivity contribution in [2.24, 2.45) is 5.41 Å². The SMILES string of the molecule is CC(C)c1ccc(C=O)c(NC(=O)C(C)(C)C)c1. The Morgan fingerprint density at radius 2 is 1.89 bits per heavy atom. The molecule has 0 unspecified atom stereocenters. The Bertz CT molecular complexity index is 456. The van der Waals surface area contributed by atoms with Gasteiger partial charge in [0.2, 0.25) is 5.91 Å². The molecule has 1 amide bonds. The fraction of sp³-hybridized carbons (Fsp3) is 0.467. The second kappa shape index (κ2) is 5.34. The van der Waals surface area contributed by atoms with Crippen LogP contribution >= 0.6 is 0 Å². The summed E-state index contributed by atoms with van der Waals surface area (Å²) >= 11 is 0. The monoisotopic (exact) mass is 247 g/mol. The number of carbonyl (C=O) groups is 2. The van der Waals surface area contributed by atoms with Crippen LogP contribution in [0.25, 0.3) is 0 Å². The normalized spacial score (nSPS) is 11.4. The highest BCUT2D eigenvalue weighted by molar-refractivity contribution is 5.98. The Labute approximate surface area is 109 Å². The van der Waals surface area contributed by atoms with E-state index in [0.717, 1.165) is 11.8 Å². The number of nitrogens with one attached hydrogen (secondary N) is 1. The first-order chi connectivity index (χ1) is 8.25. The summed E-state index contributed by atoms with van der Waals surface area (Å²) in [5.41, 5.74) is 1.73. The molecule has 0 aromatic heterocycles. The number of carbonyl (C=O) groups excluding carboxylic acids is 2. The molecule has 0 fully saturated rings. The minimum atomic E-state index is -0.478. The quantitative estimate of drug-likeness (QED) is 0.829. The maximum Gasteiger partial charge on any atom is 0.229 e. The van der Waals surface area contributed by atoms with Crippen molar-refractivity contribution in [1.82, 2.24) is 0 Å². The second-order valence-corrected chi connectivity index (χ2v) is 5.82. The van der Waals surface area contributed by atoms with E-state index in [-0.39, 0.29) is 5.91 Å². The zero-order chi connectivity index (χ0) is 13.9. The summed E-state index contributed by atoms with van der Waals surface area (Å²) in [7, 11) is 0. The molecule has 3 nitrogen and oxygen atoms in total. The van der Waals surface area contributed by atoms with Gasteiger partial charge in [0.15, 0.2) is 6.29 Å². The zero-order valence-corrected chi connectivity index (χ0v) is 11.7. The summed E-state index contributed by atoms with van der Waals surface area (Å²) in [6, 6.07) is 5.54. The number of benzene rings is 1. The minimum absolute atomic E-state index is 0.0912. The fourth-order valence-electron chi connectivity index (χ4n) is 1.45. The highest BCUT2D eigenvalue weighted by Gasteiger charge is 2.22. The summed E-state index contributed by atoms with van der Waals surface area (Å²) in [5.74, 6) is 0.266. The van der Waals surface area contributed by atoms with Crippen molar-refractivity contribution in [3.63, 3.8) is 0 Å². The number of aldehydes is 1. The van der Waals surface area contributed by atoms with E-state index in [1.54, 1.807) is 6.07 Å². The van der Waals surface area contributed by atoms with Crippen LogP contribution in [0.3, 0.4) is 0 Å². The molecule has 0 radical (unpaired) electrons. The van der Waals surface area contributed by atoms with Gasteiger partial charge in [0, 0.05) is 11.0 Å². The van der Waals surface area contributed by atoms with Gasteiger partial charge in [-0.25, -0.2) is 0 Å². The smallest absolute Gasteiger partial charge is 0.229 e. The molecule has 98 valence electrons. The van der Waals surface area contributed by atoms with E-state index in [9.17, 15) is 9.59 Å². The molecule has 0 aliphatic carbocycles. The van der Waals surface area contributed by atoms with Gasteiger partial charge in [-0.2, -0.15) is 0 Å². The lowest BCUT2D eigenvalue weighted by Crippen LogP contribution is -2.28. The van der Waals surface area contributed by atoms with E-state index in [1.807, 2.05) is 32.9 Å². The molecule has 0 aliphatic heterocycles. The van der Waals surface area contributed by atoms with E-state index >= 15 is 0 Å². The second-order valence-electron chi connectivity index (χ2n) is 5.82. The molecule has 1 rings (SSSR count). The lowest BCUT2D eigenvalue weighted by molar-refractivity contribution is -0.123. The molecule has 0 saturated carbocycles. The molecule has 0 spiro atoms. The Kier molecular flexibility index (Phi) is 4.28. The van der Waals surface area contributed by atoms with E-state index in [2.05, 4.69) is 19.2 Å². The van der Waals surface area contributed by atoms with Crippen LogP contribution in [0.1, 0.15) is 56.5 Å². The van der Waals surface area contributed by atoms with E-state index in [0.29, 0.717) is 17.2 Å². The molecule has 1 N–H and O–H groups in total. The van der Waals surface area contributed by atoms with Gasteiger partial charge in [0.1, 0.15) is 0 Å². The van der Waals surface area contributed by atoms with Crippen molar-refractivity contribution in [2.45, 2.75) is 40.5 Å². The molecule has 1 aromatic rings. The maximum atomic E-state index is 12.0. The molecule has 0 saturated heterocycles. The van der Waals surface area contributed by atoms with Gasteiger partial charge < -0.3 is 5.32 Å². The highest BCUT2D eigenvalue weighted by atomic mass is 16.2. The first kappa shape index (κ1) is 14.4. The molecular weight excluding hydrogens is 226 g/mol. The molecule has 0 atom stereocenters. The predicted molar refractivity (Wildman–Crippen MR) is 74.0 cm³/mol. The van der Waals surface area contributed by atoms with Crippen LogP contribution in [-0.2, 0) is 4.79 Å². The summed E-state index contributed by atoms with van der Waals surface area (Å²) < 4.78 is 0. The largest absolute Gasteiger partial charge is 0.325 e. The van der Waals surface area contributed by atoms with Crippen molar-refractivity contribution in [3.05, 3.63) is 29.3 Å². The lowest BCUT2D eigenvalue weighted by Gasteiger charge is -2.19. The molecular formula is C15H21NO2. The summed E-state index contributed by atoms with van der Waals surface area (Å²) in [5, 5.41) is 2.83. The maximum absolute atomic E-state index is 12.0. The topological polar surface area (TPSA) is 46.2 Å². The van der Waals surface area contributed by atoms with Crippen molar-refractivity contribution in [1.29, 1.82) is 0 Å². The summed E-state index contributed by atoms with van der Waals surface area (Å²) in [6.45, 7) is 9.68. The molecule has 3 heteroatoms. The molecule has 0 heterocycles. The Balaban J connectivity index is 3.09. The Morgan fingerprint density at radius 1 is 1.28 bits per heavy atom. The lowest BCUT2D eigenvalue weighted by atomic mass is 9.94. The van der Waals surface area contributed by atoms with Crippen molar-refractivity contribution in [2.75, 3.05) is 5.32 Å². The summed E-state index contributed by atoms with van der Waals surface area (Å²) in [6.07, 6.45) is 0.766. The van der Waals surface area contributed by atoms with E-state index in [4.69, 9.17) is 0 Å². The third-order valence-corrected chi connectivity index (χ3v) is 2.80. The van der Waals surface area contributed by atoms with Crippen LogP contribution in [0, 0.1) is 5.41 Å². The average molecular weight is 247 g/mol. The summed E-state index contributed by atoms with van der Waals surface area (Å²) in [4.78, 5) is 22.9. The van der Waals surface area contributed by atoms with E-state index in [1.165, 1.54) is 0 Å². The number of anilines is 1. The van der Waals surface area contributed by atoms with E-state index < -0.39 is 5.41 Å². The Hall–Kier alpha value is -1.64. The number of amides is 1. The third kappa shape index (κ3) is 3.42. The minimum Gasteiger partial charge on any atom is -0.325 e. The van der Waals surface area contributed by atoms with Crippen LogP contribution < -0.4 is 5.32 Å². The van der Waals surface area contributed by atoms with Crippen molar-refractivity contribution < 1.29 is 9.59 Å². The van der Waals surface area contributed by atoms with Gasteiger partial charge in [0.05, 0.1) is 5.69 Å². The van der Waals surface area contributed by atoms with Gasteiger partial charge in [-0.15, -0.1) is 0 Å². The molecule has 18 heavy (non-hydrogen) atoms. The molecule has 0 bridgehead atoms. The van der Waals surface area contributed by atoms with Crippen LogP contribution in [0.2, 0.25) is 0 Å². The van der Waals surface area contributed by atoms with Crippen LogP contribution in [0.4, 0.5) is 5.69 Å². The molecule has 0 aliphatic rings. The Morgan fingerprint density at radius 3 is 2.33 bits per heavy atom. The van der Waals surface area contributed by atoms with Gasteiger partial charge in [-0.1, -0.05) is 40.7 Å². The number of rotatable bonds is 3. The van der Waals surface area contributed by atoms with Crippen LogP contribution in [0.5, 0.6) is 0 Å². The van der Waals surface area contributed by atoms with Crippen molar-refractivity contribution >= 4 is 17.9 Å². The van der Waals surface area contributed by atoms with Crippen LogP contribution in [-0.4, -0.2) is 12.2 Å². The highest BCUT2D eigenvalue weighted by Crippen LogP contribution is 2.24. The van der Waals surface area contributed by atoms with Gasteiger partial charge >= 0.3 is 0 Å². The van der Waals surface area contributed by atoms with Gasteiger partial charge in [-0.3, -0.25) is 9.59 Å². The average Bonchev–Trinajstić information content (AvgIpc) is 2.27.